The summed E-state index contributed by atoms with van der Waals surface area (Å²) in [4.78, 5) is 53.5. The van der Waals surface area contributed by atoms with Crippen molar-refractivity contribution in [2.24, 2.45) is 17.6 Å². The number of aliphatic hydroxyl groups excluding tert-OH is 1. The van der Waals surface area contributed by atoms with Crippen molar-refractivity contribution < 1.29 is 38.5 Å². The minimum atomic E-state index is -0.991. The first-order valence-electron chi connectivity index (χ1n) is 14.2. The highest BCUT2D eigenvalue weighted by molar-refractivity contribution is 6.23. The number of primary amides is 1. The standard InChI is InChI=1S/C31H43N3O8/c1-17-13-21-26(34-11-8-12-34)23(35)16-22(28(21)37)33-30(38)18(2)9-7-10-24(40-5)29(42-31(32)39)20(4)15-19(3)27(36)25(14-17)41-6/h7,9-10,15-17,19,24-25,27,29,36H,8,11-14H2,1-6H3,(H2,32,39)(H,33,38)/b10-7-,18-9+,20-15+/t17-,19+,24?,25+,27-,29+/m1/s1. The number of nitrogens with zero attached hydrogens (tertiary/aromatic N) is 1. The van der Waals surface area contributed by atoms with Gasteiger partial charge in [0.25, 0.3) is 5.91 Å². The van der Waals surface area contributed by atoms with E-state index >= 15 is 0 Å². The molecule has 2 heterocycles. The number of ether oxygens (including phenoxy) is 3. The maximum absolute atomic E-state index is 13.7. The summed E-state index contributed by atoms with van der Waals surface area (Å²) in [5.41, 5.74) is 6.88. The third kappa shape index (κ3) is 7.84. The third-order valence-electron chi connectivity index (χ3n) is 7.94. The topological polar surface area (TPSA) is 157 Å². The predicted molar refractivity (Wildman–Crippen MR) is 156 cm³/mol. The Kier molecular flexibility index (Phi) is 11.4. The van der Waals surface area contributed by atoms with Crippen molar-refractivity contribution in [2.45, 2.75) is 71.4 Å². The number of nitrogens with one attached hydrogen (secondary N) is 1. The van der Waals surface area contributed by atoms with Gasteiger partial charge in [-0.25, -0.2) is 4.79 Å². The van der Waals surface area contributed by atoms with Crippen molar-refractivity contribution in [1.29, 1.82) is 0 Å². The van der Waals surface area contributed by atoms with Gasteiger partial charge in [-0.15, -0.1) is 0 Å². The lowest BCUT2D eigenvalue weighted by Gasteiger charge is -2.37. The van der Waals surface area contributed by atoms with Crippen molar-refractivity contribution in [3.8, 4) is 0 Å². The van der Waals surface area contributed by atoms with Crippen LogP contribution in [0, 0.1) is 11.8 Å². The number of hydrogen-bond donors (Lipinski definition) is 3. The molecule has 1 aliphatic carbocycles. The molecule has 0 saturated carbocycles. The quantitative estimate of drug-likeness (QED) is 0.333. The van der Waals surface area contributed by atoms with Crippen molar-refractivity contribution >= 4 is 23.6 Å². The zero-order valence-corrected chi connectivity index (χ0v) is 25.2. The SMILES string of the molecule is COC1/C=C\C=C(/C)C(=O)NC2=CC(=O)C(N3CCC3)=C(C[C@@H](C)C[C@H](OC)[C@H](O)[C@@H](C)/C=C(\C)[C@@H]1OC(N)=O)C2=O. The van der Waals surface area contributed by atoms with E-state index in [0.29, 0.717) is 36.4 Å². The van der Waals surface area contributed by atoms with E-state index < -0.39 is 48.1 Å². The molecule has 42 heavy (non-hydrogen) atoms. The molecule has 0 spiro atoms. The summed E-state index contributed by atoms with van der Waals surface area (Å²) < 4.78 is 16.6. The second-order valence-electron chi connectivity index (χ2n) is 11.2. The molecular formula is C31H43N3O8. The first-order valence-corrected chi connectivity index (χ1v) is 14.2. The molecule has 2 bridgehead atoms. The monoisotopic (exact) mass is 585 g/mol. The molecule has 4 N–H and O–H groups in total. The van der Waals surface area contributed by atoms with Gasteiger partial charge in [-0.1, -0.05) is 38.2 Å². The van der Waals surface area contributed by atoms with E-state index in [1.807, 2.05) is 18.7 Å². The lowest BCUT2D eigenvalue weighted by Crippen LogP contribution is -2.43. The maximum Gasteiger partial charge on any atom is 0.405 e. The Hall–Kier alpha value is -3.54. The number of carbonyl (C=O) groups is 4. The number of rotatable bonds is 4. The summed E-state index contributed by atoms with van der Waals surface area (Å²) in [6.45, 7) is 8.43. The molecule has 0 aromatic rings. The minimum Gasteiger partial charge on any atom is -0.439 e. The predicted octanol–water partition coefficient (Wildman–Crippen LogP) is 2.47. The Morgan fingerprint density at radius 2 is 1.81 bits per heavy atom. The number of ketones is 2. The van der Waals surface area contributed by atoms with Crippen LogP contribution in [0.4, 0.5) is 4.79 Å². The van der Waals surface area contributed by atoms with Crippen molar-refractivity contribution in [3.05, 3.63) is 58.5 Å². The molecule has 0 aromatic heterocycles. The fourth-order valence-electron chi connectivity index (χ4n) is 5.46. The largest absolute Gasteiger partial charge is 0.439 e. The highest BCUT2D eigenvalue weighted by Gasteiger charge is 2.36. The van der Waals surface area contributed by atoms with Crippen LogP contribution in [0.15, 0.2) is 58.5 Å². The molecule has 1 fully saturated rings. The molecule has 230 valence electrons. The molecule has 1 saturated heterocycles. The highest BCUT2D eigenvalue weighted by atomic mass is 16.6. The van der Waals surface area contributed by atoms with Crippen LogP contribution in [-0.2, 0) is 28.6 Å². The molecule has 2 amide bonds. The van der Waals surface area contributed by atoms with Gasteiger partial charge in [0, 0.05) is 50.4 Å². The van der Waals surface area contributed by atoms with E-state index in [1.54, 1.807) is 32.1 Å². The number of amides is 2. The summed E-state index contributed by atoms with van der Waals surface area (Å²) >= 11 is 0. The second-order valence-corrected chi connectivity index (χ2v) is 11.2. The van der Waals surface area contributed by atoms with E-state index in [1.165, 1.54) is 26.4 Å². The number of hydrogen-bond acceptors (Lipinski definition) is 9. The molecule has 11 heteroatoms. The van der Waals surface area contributed by atoms with Gasteiger partial charge in [0.15, 0.2) is 6.10 Å². The van der Waals surface area contributed by atoms with Crippen LogP contribution >= 0.6 is 0 Å². The summed E-state index contributed by atoms with van der Waals surface area (Å²) in [6.07, 6.45) is 5.06. The first-order chi connectivity index (χ1) is 19.9. The zero-order valence-electron chi connectivity index (χ0n) is 25.2. The third-order valence-corrected chi connectivity index (χ3v) is 7.94. The van der Waals surface area contributed by atoms with E-state index in [-0.39, 0.29) is 29.4 Å². The Balaban J connectivity index is 2.07. The van der Waals surface area contributed by atoms with Gasteiger partial charge in [0.05, 0.1) is 23.6 Å². The van der Waals surface area contributed by atoms with Gasteiger partial charge >= 0.3 is 6.09 Å². The Morgan fingerprint density at radius 3 is 2.38 bits per heavy atom. The number of Topliss-reactive ketones (excluding diaryl/α,β-unsaturated/α-hetero) is 1. The Labute approximate surface area is 247 Å². The fraction of sp³-hybridized carbons (Fsp3) is 0.548. The average Bonchev–Trinajstić information content (AvgIpc) is 2.90. The van der Waals surface area contributed by atoms with E-state index in [2.05, 4.69) is 5.32 Å². The summed E-state index contributed by atoms with van der Waals surface area (Å²) in [6, 6.07) is 0. The summed E-state index contributed by atoms with van der Waals surface area (Å²) in [5.74, 6) is -1.84. The van der Waals surface area contributed by atoms with Crippen LogP contribution in [0.3, 0.4) is 0 Å². The van der Waals surface area contributed by atoms with Gasteiger partial charge in [-0.2, -0.15) is 0 Å². The molecule has 3 aliphatic rings. The van der Waals surface area contributed by atoms with Crippen molar-refractivity contribution in [3.63, 3.8) is 0 Å². The normalized spacial score (nSPS) is 33.5. The smallest absolute Gasteiger partial charge is 0.405 e. The van der Waals surface area contributed by atoms with Crippen molar-refractivity contribution in [2.75, 3.05) is 27.3 Å². The molecule has 0 aromatic carbocycles. The van der Waals surface area contributed by atoms with Crippen LogP contribution < -0.4 is 11.1 Å². The number of allylic oxidation sites excluding steroid dienone is 4. The lowest BCUT2D eigenvalue weighted by molar-refractivity contribution is -0.120. The van der Waals surface area contributed by atoms with E-state index in [9.17, 15) is 24.3 Å². The van der Waals surface area contributed by atoms with E-state index in [4.69, 9.17) is 19.9 Å². The van der Waals surface area contributed by atoms with E-state index in [0.717, 1.165) is 6.42 Å². The number of methoxy groups -OCH3 is 2. The molecule has 11 nitrogen and oxygen atoms in total. The number of carbonyl (C=O) groups excluding carboxylic acids is 4. The number of nitrogens with two attached hydrogens (primary N) is 1. The van der Waals surface area contributed by atoms with Crippen LogP contribution in [0.25, 0.3) is 0 Å². The second kappa shape index (κ2) is 14.6. The first kappa shape index (κ1) is 33.0. The molecular weight excluding hydrogens is 542 g/mol. The summed E-state index contributed by atoms with van der Waals surface area (Å²) in [5, 5.41) is 13.9. The zero-order chi connectivity index (χ0) is 31.1. The maximum atomic E-state index is 13.7. The van der Waals surface area contributed by atoms with Gasteiger partial charge in [0.2, 0.25) is 11.6 Å². The fourth-order valence-corrected chi connectivity index (χ4v) is 5.46. The molecule has 3 rings (SSSR count). The number of fused-ring (bicyclic) bond motifs is 2. The Bertz CT molecular complexity index is 1230. The summed E-state index contributed by atoms with van der Waals surface area (Å²) in [7, 11) is 2.95. The Morgan fingerprint density at radius 1 is 1.12 bits per heavy atom. The van der Waals surface area contributed by atoms with Gasteiger partial charge in [0.1, 0.15) is 6.10 Å². The molecule has 6 atom stereocenters. The molecule has 2 aliphatic heterocycles. The molecule has 1 unspecified atom stereocenters. The number of aliphatic hydroxyl groups is 1. The van der Waals surface area contributed by atoms with Gasteiger partial charge in [-0.05, 0) is 44.6 Å². The lowest BCUT2D eigenvalue weighted by atomic mass is 9.84. The van der Waals surface area contributed by atoms with Crippen LogP contribution in [0.1, 0.15) is 47.0 Å². The molecule has 0 radical (unpaired) electrons. The van der Waals surface area contributed by atoms with Crippen molar-refractivity contribution in [1.82, 2.24) is 10.2 Å². The van der Waals surface area contributed by atoms with Gasteiger partial charge < -0.3 is 35.3 Å². The van der Waals surface area contributed by atoms with Crippen LogP contribution in [-0.4, -0.2) is 85.3 Å². The van der Waals surface area contributed by atoms with Gasteiger partial charge in [-0.3, -0.25) is 14.4 Å². The highest BCUT2D eigenvalue weighted by Crippen LogP contribution is 2.32. The average molecular weight is 586 g/mol. The van der Waals surface area contributed by atoms with Crippen LogP contribution in [0.2, 0.25) is 0 Å². The minimum absolute atomic E-state index is 0.0763. The number of likely N-dealkylation sites (tertiary alicyclic amines) is 1. The van der Waals surface area contributed by atoms with Crippen LogP contribution in [0.5, 0.6) is 0 Å².